The fraction of sp³-hybridized carbons (Fsp3) is 0.615. The molecule has 7 heteroatoms. The highest BCUT2D eigenvalue weighted by Gasteiger charge is 2.33. The molecular formula is C13H17N3O3S. The first-order valence-electron chi connectivity index (χ1n) is 6.77. The van der Waals surface area contributed by atoms with Crippen molar-refractivity contribution in [1.82, 2.24) is 15.1 Å². The summed E-state index contributed by atoms with van der Waals surface area (Å²) in [6, 6.07) is 3.28. The molecule has 0 radical (unpaired) electrons. The molecule has 1 unspecified atom stereocenters. The van der Waals surface area contributed by atoms with Crippen LogP contribution in [0.1, 0.15) is 41.4 Å². The summed E-state index contributed by atoms with van der Waals surface area (Å²) in [4.78, 5) is 13.7. The minimum absolute atomic E-state index is 0.0445. The number of sulfone groups is 1. The Kier molecular flexibility index (Phi) is 3.24. The molecule has 1 saturated carbocycles. The van der Waals surface area contributed by atoms with Crippen molar-refractivity contribution in [3.8, 4) is 0 Å². The second-order valence-electron chi connectivity index (χ2n) is 5.59. The smallest absolute Gasteiger partial charge is 0.274 e. The van der Waals surface area contributed by atoms with Gasteiger partial charge in [-0.2, -0.15) is 5.10 Å². The van der Waals surface area contributed by atoms with Crippen LogP contribution in [0, 0.1) is 0 Å². The van der Waals surface area contributed by atoms with Crippen LogP contribution in [0.5, 0.6) is 0 Å². The minimum atomic E-state index is -3.00. The molecule has 1 saturated heterocycles. The van der Waals surface area contributed by atoms with Crippen molar-refractivity contribution in [2.45, 2.75) is 31.2 Å². The SMILES string of the molecule is CN(C(=O)c1ccc(C2CC2)nn1)C1CCS(=O)(=O)C1. The maximum absolute atomic E-state index is 12.3. The van der Waals surface area contributed by atoms with Crippen LogP contribution >= 0.6 is 0 Å². The second-order valence-corrected chi connectivity index (χ2v) is 7.82. The van der Waals surface area contributed by atoms with Crippen molar-refractivity contribution in [2.75, 3.05) is 18.6 Å². The Morgan fingerprint density at radius 3 is 2.50 bits per heavy atom. The molecule has 6 nitrogen and oxygen atoms in total. The number of amides is 1. The van der Waals surface area contributed by atoms with Gasteiger partial charge < -0.3 is 4.90 Å². The topological polar surface area (TPSA) is 80.2 Å². The van der Waals surface area contributed by atoms with Crippen LogP contribution in [-0.2, 0) is 9.84 Å². The average Bonchev–Trinajstić information content (AvgIpc) is 3.21. The molecule has 0 aromatic carbocycles. The minimum Gasteiger partial charge on any atom is -0.336 e. The lowest BCUT2D eigenvalue weighted by atomic mass is 10.2. The van der Waals surface area contributed by atoms with E-state index >= 15 is 0 Å². The monoisotopic (exact) mass is 295 g/mol. The molecule has 2 heterocycles. The lowest BCUT2D eigenvalue weighted by molar-refractivity contribution is 0.0740. The van der Waals surface area contributed by atoms with Gasteiger partial charge in [0.25, 0.3) is 5.91 Å². The molecule has 1 aliphatic heterocycles. The fourth-order valence-corrected chi connectivity index (χ4v) is 4.26. The van der Waals surface area contributed by atoms with Crippen molar-refractivity contribution in [2.24, 2.45) is 0 Å². The number of rotatable bonds is 3. The van der Waals surface area contributed by atoms with Crippen molar-refractivity contribution in [1.29, 1.82) is 0 Å². The van der Waals surface area contributed by atoms with Gasteiger partial charge in [0, 0.05) is 19.0 Å². The highest BCUT2D eigenvalue weighted by atomic mass is 32.2. The van der Waals surface area contributed by atoms with Gasteiger partial charge >= 0.3 is 0 Å². The third kappa shape index (κ3) is 2.67. The van der Waals surface area contributed by atoms with E-state index in [4.69, 9.17) is 0 Å². The first-order valence-corrected chi connectivity index (χ1v) is 8.59. The molecule has 1 aromatic heterocycles. The molecular weight excluding hydrogens is 278 g/mol. The lowest BCUT2D eigenvalue weighted by Crippen LogP contribution is -2.38. The van der Waals surface area contributed by atoms with Crippen molar-refractivity contribution in [3.05, 3.63) is 23.5 Å². The largest absolute Gasteiger partial charge is 0.336 e. The second kappa shape index (κ2) is 4.80. The Labute approximate surface area is 118 Å². The maximum Gasteiger partial charge on any atom is 0.274 e. The molecule has 2 aliphatic rings. The Hall–Kier alpha value is -1.50. The van der Waals surface area contributed by atoms with E-state index in [0.717, 1.165) is 18.5 Å². The van der Waals surface area contributed by atoms with Gasteiger partial charge in [0.05, 0.1) is 17.2 Å². The Bertz CT molecular complexity index is 623. The summed E-state index contributed by atoms with van der Waals surface area (Å²) in [7, 11) is -1.37. The van der Waals surface area contributed by atoms with Gasteiger partial charge in [0.15, 0.2) is 15.5 Å². The molecule has 1 aliphatic carbocycles. The Morgan fingerprint density at radius 1 is 1.25 bits per heavy atom. The summed E-state index contributed by atoms with van der Waals surface area (Å²) in [6.45, 7) is 0. The molecule has 1 aromatic rings. The summed E-state index contributed by atoms with van der Waals surface area (Å²) in [6.07, 6.45) is 2.78. The van der Waals surface area contributed by atoms with Crippen LogP contribution in [0.3, 0.4) is 0 Å². The quantitative estimate of drug-likeness (QED) is 0.816. The summed E-state index contributed by atoms with van der Waals surface area (Å²) in [5.41, 5.74) is 1.22. The molecule has 3 rings (SSSR count). The van der Waals surface area contributed by atoms with Gasteiger partial charge in [-0.1, -0.05) is 0 Å². The van der Waals surface area contributed by atoms with Gasteiger partial charge in [0.1, 0.15) is 0 Å². The zero-order valence-corrected chi connectivity index (χ0v) is 12.1. The van der Waals surface area contributed by atoms with Crippen LogP contribution in [0.25, 0.3) is 0 Å². The summed E-state index contributed by atoms with van der Waals surface area (Å²) >= 11 is 0. The third-order valence-electron chi connectivity index (χ3n) is 3.98. The average molecular weight is 295 g/mol. The van der Waals surface area contributed by atoms with Crippen molar-refractivity contribution >= 4 is 15.7 Å². The molecule has 108 valence electrons. The van der Waals surface area contributed by atoms with E-state index in [2.05, 4.69) is 10.2 Å². The van der Waals surface area contributed by atoms with E-state index in [1.807, 2.05) is 6.07 Å². The summed E-state index contributed by atoms with van der Waals surface area (Å²) in [5, 5.41) is 8.06. The van der Waals surface area contributed by atoms with Crippen LogP contribution in [0.4, 0.5) is 0 Å². The first kappa shape index (κ1) is 13.5. The number of carbonyl (C=O) groups is 1. The zero-order chi connectivity index (χ0) is 14.3. The number of hydrogen-bond acceptors (Lipinski definition) is 5. The first-order chi connectivity index (χ1) is 9.46. The zero-order valence-electron chi connectivity index (χ0n) is 11.3. The molecule has 0 N–H and O–H groups in total. The van der Waals surface area contributed by atoms with Crippen LogP contribution in [0.15, 0.2) is 12.1 Å². The van der Waals surface area contributed by atoms with Gasteiger partial charge in [0.2, 0.25) is 0 Å². The van der Waals surface area contributed by atoms with Crippen molar-refractivity contribution in [3.63, 3.8) is 0 Å². The molecule has 20 heavy (non-hydrogen) atoms. The molecule has 0 bridgehead atoms. The van der Waals surface area contributed by atoms with Gasteiger partial charge in [-0.3, -0.25) is 4.79 Å². The van der Waals surface area contributed by atoms with E-state index in [1.54, 1.807) is 13.1 Å². The molecule has 2 fully saturated rings. The number of hydrogen-bond donors (Lipinski definition) is 0. The van der Waals surface area contributed by atoms with E-state index in [0.29, 0.717) is 12.3 Å². The third-order valence-corrected chi connectivity index (χ3v) is 5.73. The van der Waals surface area contributed by atoms with Gasteiger partial charge in [-0.25, -0.2) is 8.42 Å². The molecule has 0 spiro atoms. The van der Waals surface area contributed by atoms with E-state index in [9.17, 15) is 13.2 Å². The van der Waals surface area contributed by atoms with Crippen LogP contribution in [0.2, 0.25) is 0 Å². The predicted molar refractivity (Wildman–Crippen MR) is 73.2 cm³/mol. The highest BCUT2D eigenvalue weighted by molar-refractivity contribution is 7.91. The van der Waals surface area contributed by atoms with E-state index in [-0.39, 0.29) is 29.1 Å². The lowest BCUT2D eigenvalue weighted by Gasteiger charge is -2.22. The Balaban J connectivity index is 1.71. The van der Waals surface area contributed by atoms with Crippen LogP contribution in [-0.4, -0.2) is 54.0 Å². The number of carbonyl (C=O) groups excluding carboxylic acids is 1. The standard InChI is InChI=1S/C13H17N3O3S/c1-16(10-6-7-20(18,19)8-10)13(17)12-5-4-11(14-15-12)9-2-3-9/h4-5,9-10H,2-3,6-8H2,1H3. The van der Waals surface area contributed by atoms with Crippen molar-refractivity contribution < 1.29 is 13.2 Å². The van der Waals surface area contributed by atoms with Crippen LogP contribution < -0.4 is 0 Å². The highest BCUT2D eigenvalue weighted by Crippen LogP contribution is 2.38. The summed E-state index contributed by atoms with van der Waals surface area (Å²) in [5.74, 6) is 0.441. The maximum atomic E-state index is 12.3. The van der Waals surface area contributed by atoms with Gasteiger partial charge in [-0.15, -0.1) is 5.10 Å². The normalized spacial score (nSPS) is 24.6. The Morgan fingerprint density at radius 2 is 2.00 bits per heavy atom. The summed E-state index contributed by atoms with van der Waals surface area (Å²) < 4.78 is 22.9. The number of nitrogens with zero attached hydrogens (tertiary/aromatic N) is 3. The molecule has 1 atom stereocenters. The van der Waals surface area contributed by atoms with E-state index < -0.39 is 9.84 Å². The molecule has 1 amide bonds. The number of aromatic nitrogens is 2. The fourth-order valence-electron chi connectivity index (χ4n) is 2.48. The van der Waals surface area contributed by atoms with Gasteiger partial charge in [-0.05, 0) is 31.4 Å². The van der Waals surface area contributed by atoms with E-state index in [1.165, 1.54) is 4.90 Å². The predicted octanol–water partition coefficient (Wildman–Crippen LogP) is 0.613.